The minimum atomic E-state index is -4.84. The van der Waals surface area contributed by atoms with E-state index in [1.807, 2.05) is 30.3 Å². The summed E-state index contributed by atoms with van der Waals surface area (Å²) in [6, 6.07) is 15.9. The third-order valence-corrected chi connectivity index (χ3v) is 5.05. The number of nitrogens with two attached hydrogens (primary N) is 1. The summed E-state index contributed by atoms with van der Waals surface area (Å²) in [7, 11) is 1.48. The van der Waals surface area contributed by atoms with Crippen LogP contribution in [0.25, 0.3) is 0 Å². The number of hydrogen-bond acceptors (Lipinski definition) is 4. The van der Waals surface area contributed by atoms with Crippen molar-refractivity contribution in [2.45, 2.75) is 19.3 Å². The number of benzene rings is 3. The molecule has 3 aromatic carbocycles. The van der Waals surface area contributed by atoms with Gasteiger partial charge >= 0.3 is 12.2 Å². The molecule has 0 aliphatic heterocycles. The molecule has 0 fully saturated rings. The Balaban J connectivity index is 0.00000456. The second-order valence-electron chi connectivity index (χ2n) is 7.59. The molecule has 0 aromatic heterocycles. The second kappa shape index (κ2) is 13.0. The van der Waals surface area contributed by atoms with E-state index in [1.54, 1.807) is 18.2 Å². The Hall–Kier alpha value is -3.50. The summed E-state index contributed by atoms with van der Waals surface area (Å²) in [6.07, 6.45) is -4.84. The molecule has 36 heavy (non-hydrogen) atoms. The number of methoxy groups -OCH3 is 1. The van der Waals surface area contributed by atoms with Crippen LogP contribution in [0.5, 0.6) is 11.5 Å². The summed E-state index contributed by atoms with van der Waals surface area (Å²) in [5.74, 6) is -0.128. The number of halogens is 5. The summed E-state index contributed by atoms with van der Waals surface area (Å²) in [5, 5.41) is 2.22. The van der Waals surface area contributed by atoms with Gasteiger partial charge in [-0.15, -0.1) is 12.4 Å². The molecule has 6 nitrogen and oxygen atoms in total. The smallest absolute Gasteiger partial charge is 0.418 e. The molecule has 0 unspecified atom stereocenters. The van der Waals surface area contributed by atoms with Gasteiger partial charge in [0.2, 0.25) is 0 Å². The van der Waals surface area contributed by atoms with Crippen LogP contribution in [0.15, 0.2) is 66.7 Å². The Morgan fingerprint density at radius 3 is 2.36 bits per heavy atom. The van der Waals surface area contributed by atoms with E-state index >= 15 is 0 Å². The summed E-state index contributed by atoms with van der Waals surface area (Å²) < 4.78 is 64.5. The first-order chi connectivity index (χ1) is 16.7. The van der Waals surface area contributed by atoms with Crippen LogP contribution in [0.3, 0.4) is 0 Å². The van der Waals surface area contributed by atoms with Crippen molar-refractivity contribution in [1.29, 1.82) is 0 Å². The predicted octanol–water partition coefficient (Wildman–Crippen LogP) is 5.85. The average Bonchev–Trinajstić information content (AvgIpc) is 2.83. The zero-order chi connectivity index (χ0) is 25.4. The number of rotatable bonds is 9. The monoisotopic (exact) mass is 527 g/mol. The molecule has 0 aliphatic carbocycles. The fourth-order valence-corrected chi connectivity index (χ4v) is 3.35. The topological polar surface area (TPSA) is 76.8 Å². The Bertz CT molecular complexity index is 1150. The number of nitrogens with zero attached hydrogens (tertiary/aromatic N) is 1. The summed E-state index contributed by atoms with van der Waals surface area (Å²) >= 11 is 0. The zero-order valence-electron chi connectivity index (χ0n) is 19.3. The number of nitrogens with one attached hydrogen (secondary N) is 1. The van der Waals surface area contributed by atoms with E-state index in [0.29, 0.717) is 29.7 Å². The van der Waals surface area contributed by atoms with Crippen molar-refractivity contribution in [3.8, 4) is 11.5 Å². The first-order valence-electron chi connectivity index (χ1n) is 10.7. The van der Waals surface area contributed by atoms with Gasteiger partial charge in [-0.2, -0.15) is 13.2 Å². The quantitative estimate of drug-likeness (QED) is 0.342. The number of anilines is 1. The maximum absolute atomic E-state index is 13.4. The van der Waals surface area contributed by atoms with Crippen LogP contribution < -0.4 is 20.5 Å². The Morgan fingerprint density at radius 1 is 1.00 bits per heavy atom. The highest BCUT2D eigenvalue weighted by molar-refractivity contribution is 5.90. The Kier molecular flexibility index (Phi) is 10.4. The van der Waals surface area contributed by atoms with Crippen molar-refractivity contribution < 1.29 is 31.8 Å². The van der Waals surface area contributed by atoms with Crippen LogP contribution >= 0.6 is 12.4 Å². The molecule has 194 valence electrons. The van der Waals surface area contributed by atoms with Crippen molar-refractivity contribution >= 4 is 24.1 Å². The Labute approximate surface area is 212 Å². The zero-order valence-corrected chi connectivity index (χ0v) is 20.2. The highest BCUT2D eigenvalue weighted by Crippen LogP contribution is 2.35. The minimum absolute atomic E-state index is 0. The number of urea groups is 1. The standard InChI is InChI=1S/C25H25F4N3O3.ClH/c1-34-23-13-18(7-10-22(23)35-16-17-5-3-2-4-6-17)15-32(12-11-30)24(33)31-21-9-8-19(26)14-20(21)25(27,28)29;/h2-10,13-14H,11-12,15-16,30H2,1H3,(H,31,33);1H. The van der Waals surface area contributed by atoms with Crippen LogP contribution in [0, 0.1) is 5.82 Å². The number of hydrogen-bond donors (Lipinski definition) is 2. The maximum Gasteiger partial charge on any atom is 0.418 e. The van der Waals surface area contributed by atoms with E-state index < -0.39 is 29.3 Å². The van der Waals surface area contributed by atoms with Crippen molar-refractivity contribution in [3.05, 3.63) is 89.2 Å². The first-order valence-corrected chi connectivity index (χ1v) is 10.7. The highest BCUT2D eigenvalue weighted by atomic mass is 35.5. The summed E-state index contributed by atoms with van der Waals surface area (Å²) in [5.41, 5.74) is 5.41. The van der Waals surface area contributed by atoms with Crippen LogP contribution in [-0.4, -0.2) is 31.1 Å². The van der Waals surface area contributed by atoms with E-state index in [9.17, 15) is 22.4 Å². The average molecular weight is 528 g/mol. The molecule has 0 saturated heterocycles. The molecular weight excluding hydrogens is 502 g/mol. The van der Waals surface area contributed by atoms with Crippen LogP contribution in [-0.2, 0) is 19.3 Å². The normalized spacial score (nSPS) is 10.8. The first kappa shape index (κ1) is 28.7. The number of carbonyl (C=O) groups excluding carboxylic acids is 1. The van der Waals surface area contributed by atoms with Gasteiger partial charge in [-0.3, -0.25) is 0 Å². The van der Waals surface area contributed by atoms with E-state index in [2.05, 4.69) is 5.32 Å². The van der Waals surface area contributed by atoms with Gasteiger partial charge in [-0.1, -0.05) is 36.4 Å². The number of alkyl halides is 3. The van der Waals surface area contributed by atoms with Gasteiger partial charge < -0.3 is 25.4 Å². The van der Waals surface area contributed by atoms with E-state index in [4.69, 9.17) is 15.2 Å². The second-order valence-corrected chi connectivity index (χ2v) is 7.59. The van der Waals surface area contributed by atoms with Crippen molar-refractivity contribution in [2.75, 3.05) is 25.5 Å². The predicted molar refractivity (Wildman–Crippen MR) is 131 cm³/mol. The molecule has 2 amide bonds. The van der Waals surface area contributed by atoms with E-state index in [-0.39, 0.29) is 32.0 Å². The molecule has 0 heterocycles. The molecule has 0 spiro atoms. The molecule has 0 bridgehead atoms. The van der Waals surface area contributed by atoms with Crippen LogP contribution in [0.1, 0.15) is 16.7 Å². The highest BCUT2D eigenvalue weighted by Gasteiger charge is 2.34. The molecule has 3 rings (SSSR count). The van der Waals surface area contributed by atoms with E-state index in [1.165, 1.54) is 12.0 Å². The van der Waals surface area contributed by atoms with Crippen LogP contribution in [0.2, 0.25) is 0 Å². The molecule has 3 aromatic rings. The molecule has 3 N–H and O–H groups in total. The fraction of sp³-hybridized carbons (Fsp3) is 0.240. The SMILES string of the molecule is COc1cc(CN(CCN)C(=O)Nc2ccc(F)cc2C(F)(F)F)ccc1OCc1ccccc1.Cl. The molecule has 0 aliphatic rings. The molecule has 0 saturated carbocycles. The third kappa shape index (κ3) is 7.76. The van der Waals surface area contributed by atoms with Gasteiger partial charge in [-0.05, 0) is 41.5 Å². The number of carbonyl (C=O) groups is 1. The lowest BCUT2D eigenvalue weighted by atomic mass is 10.1. The third-order valence-electron chi connectivity index (χ3n) is 5.05. The van der Waals surface area contributed by atoms with Crippen molar-refractivity contribution in [1.82, 2.24) is 4.90 Å². The lowest BCUT2D eigenvalue weighted by Gasteiger charge is -2.24. The van der Waals surface area contributed by atoms with Gasteiger partial charge in [0.25, 0.3) is 0 Å². The number of amides is 2. The fourth-order valence-electron chi connectivity index (χ4n) is 3.35. The minimum Gasteiger partial charge on any atom is -0.493 e. The van der Waals surface area contributed by atoms with Gasteiger partial charge in [0.05, 0.1) is 18.4 Å². The molecular formula is C25H26ClF4N3O3. The van der Waals surface area contributed by atoms with Gasteiger partial charge in [0.1, 0.15) is 12.4 Å². The molecule has 0 atom stereocenters. The van der Waals surface area contributed by atoms with Gasteiger partial charge in [-0.25, -0.2) is 9.18 Å². The Morgan fingerprint density at radius 2 is 1.72 bits per heavy atom. The van der Waals surface area contributed by atoms with Gasteiger partial charge in [0, 0.05) is 19.6 Å². The van der Waals surface area contributed by atoms with Crippen molar-refractivity contribution in [2.24, 2.45) is 5.73 Å². The molecule has 11 heteroatoms. The summed E-state index contributed by atoms with van der Waals surface area (Å²) in [4.78, 5) is 14.0. The lowest BCUT2D eigenvalue weighted by Crippen LogP contribution is -2.38. The lowest BCUT2D eigenvalue weighted by molar-refractivity contribution is -0.137. The molecule has 0 radical (unpaired) electrons. The van der Waals surface area contributed by atoms with Crippen molar-refractivity contribution in [3.63, 3.8) is 0 Å². The largest absolute Gasteiger partial charge is 0.493 e. The number of ether oxygens (including phenoxy) is 2. The van der Waals surface area contributed by atoms with Gasteiger partial charge in [0.15, 0.2) is 11.5 Å². The van der Waals surface area contributed by atoms with E-state index in [0.717, 1.165) is 17.7 Å². The summed E-state index contributed by atoms with van der Waals surface area (Å²) in [6.45, 7) is 0.527. The maximum atomic E-state index is 13.4. The van der Waals surface area contributed by atoms with Crippen LogP contribution in [0.4, 0.5) is 28.0 Å².